The Hall–Kier alpha value is -3.07. The topological polar surface area (TPSA) is 96.0 Å². The molecular formula is C25H35N3O5S. The molecule has 0 radical (unpaired) electrons. The minimum absolute atomic E-state index is 0.262. The highest BCUT2D eigenvalue weighted by atomic mass is 32.2. The highest BCUT2D eigenvalue weighted by Crippen LogP contribution is 2.23. The Kier molecular flexibility index (Phi) is 9.92. The Labute approximate surface area is 202 Å². The van der Waals surface area contributed by atoms with Crippen molar-refractivity contribution in [3.05, 3.63) is 60.2 Å². The summed E-state index contributed by atoms with van der Waals surface area (Å²) in [7, 11) is -2.29. The summed E-state index contributed by atoms with van der Waals surface area (Å²) in [6, 6.07) is 15.4. The van der Waals surface area contributed by atoms with Crippen molar-refractivity contribution in [3.63, 3.8) is 0 Å². The van der Waals surface area contributed by atoms with Crippen molar-refractivity contribution in [2.45, 2.75) is 33.2 Å². The van der Waals surface area contributed by atoms with E-state index >= 15 is 0 Å². The number of nitrogens with zero attached hydrogens (tertiary/aromatic N) is 2. The molecule has 0 aromatic heterocycles. The molecule has 2 aromatic rings. The maximum Gasteiger partial charge on any atom is 0.244 e. The van der Waals surface area contributed by atoms with Crippen molar-refractivity contribution in [2.75, 3.05) is 37.3 Å². The first-order valence-electron chi connectivity index (χ1n) is 11.3. The van der Waals surface area contributed by atoms with E-state index in [4.69, 9.17) is 4.74 Å². The van der Waals surface area contributed by atoms with Gasteiger partial charge in [-0.2, -0.15) is 0 Å². The highest BCUT2D eigenvalue weighted by Gasteiger charge is 2.29. The summed E-state index contributed by atoms with van der Waals surface area (Å²) in [6.07, 6.45) is 1.58. The molecule has 0 spiro atoms. The Morgan fingerprint density at radius 3 is 2.29 bits per heavy atom. The third kappa shape index (κ3) is 8.06. The standard InChI is InChI=1S/C25H35N3O5S/c1-19(2)17-26-25(30)20(3)27(15-14-21-10-7-6-8-11-21)24(29)18-28(34(5,31)32)22-12-9-13-23(16-22)33-4/h6-13,16,19-20H,14-15,17-18H2,1-5H3,(H,26,30)/t20-/m1/s1. The van der Waals surface area contributed by atoms with Gasteiger partial charge < -0.3 is 15.0 Å². The molecule has 1 atom stereocenters. The summed E-state index contributed by atoms with van der Waals surface area (Å²) >= 11 is 0. The van der Waals surface area contributed by atoms with E-state index < -0.39 is 28.5 Å². The zero-order chi connectivity index (χ0) is 25.3. The summed E-state index contributed by atoms with van der Waals surface area (Å²) in [6.45, 7) is 5.97. The zero-order valence-corrected chi connectivity index (χ0v) is 21.3. The van der Waals surface area contributed by atoms with Crippen LogP contribution >= 0.6 is 0 Å². The lowest BCUT2D eigenvalue weighted by Gasteiger charge is -2.31. The van der Waals surface area contributed by atoms with Gasteiger partial charge in [-0.05, 0) is 37.0 Å². The molecule has 9 heteroatoms. The van der Waals surface area contributed by atoms with Crippen LogP contribution in [0.5, 0.6) is 5.75 Å². The number of sulfonamides is 1. The third-order valence-corrected chi connectivity index (χ3v) is 6.50. The van der Waals surface area contributed by atoms with Crippen LogP contribution in [0.4, 0.5) is 5.69 Å². The second-order valence-corrected chi connectivity index (χ2v) is 10.5. The highest BCUT2D eigenvalue weighted by molar-refractivity contribution is 7.92. The van der Waals surface area contributed by atoms with Crippen LogP contribution in [0.2, 0.25) is 0 Å². The fourth-order valence-corrected chi connectivity index (χ4v) is 4.24. The van der Waals surface area contributed by atoms with Crippen LogP contribution < -0.4 is 14.4 Å². The predicted molar refractivity (Wildman–Crippen MR) is 134 cm³/mol. The van der Waals surface area contributed by atoms with Gasteiger partial charge in [0.05, 0.1) is 19.1 Å². The molecule has 0 fully saturated rings. The summed E-state index contributed by atoms with van der Waals surface area (Å²) < 4.78 is 31.4. The van der Waals surface area contributed by atoms with Crippen molar-refractivity contribution in [2.24, 2.45) is 5.92 Å². The maximum absolute atomic E-state index is 13.4. The van der Waals surface area contributed by atoms with Gasteiger partial charge in [0, 0.05) is 19.2 Å². The summed E-state index contributed by atoms with van der Waals surface area (Å²) in [5, 5.41) is 2.86. The number of ether oxygens (including phenoxy) is 1. The predicted octanol–water partition coefficient (Wildman–Crippen LogP) is 2.69. The maximum atomic E-state index is 13.4. The Balaban J connectivity index is 2.30. The number of anilines is 1. The van der Waals surface area contributed by atoms with Gasteiger partial charge in [-0.15, -0.1) is 0 Å². The molecule has 1 N–H and O–H groups in total. The van der Waals surface area contributed by atoms with Gasteiger partial charge in [0.1, 0.15) is 18.3 Å². The number of hydrogen-bond donors (Lipinski definition) is 1. The first kappa shape index (κ1) is 27.2. The lowest BCUT2D eigenvalue weighted by atomic mass is 10.1. The van der Waals surface area contributed by atoms with E-state index in [0.29, 0.717) is 24.4 Å². The van der Waals surface area contributed by atoms with Crippen LogP contribution in [0.25, 0.3) is 0 Å². The molecule has 0 saturated heterocycles. The minimum atomic E-state index is -3.78. The normalized spacial score (nSPS) is 12.2. The zero-order valence-electron chi connectivity index (χ0n) is 20.5. The second kappa shape index (κ2) is 12.4. The van der Waals surface area contributed by atoms with Gasteiger partial charge in [-0.1, -0.05) is 50.2 Å². The van der Waals surface area contributed by atoms with E-state index in [-0.39, 0.29) is 18.4 Å². The van der Waals surface area contributed by atoms with Crippen LogP contribution in [-0.4, -0.2) is 64.2 Å². The molecule has 186 valence electrons. The van der Waals surface area contributed by atoms with Crippen molar-refractivity contribution in [1.29, 1.82) is 0 Å². The first-order valence-corrected chi connectivity index (χ1v) is 13.1. The van der Waals surface area contributed by atoms with Gasteiger partial charge in [0.2, 0.25) is 21.8 Å². The Morgan fingerprint density at radius 2 is 1.71 bits per heavy atom. The van der Waals surface area contributed by atoms with Gasteiger partial charge in [0.25, 0.3) is 0 Å². The average molecular weight is 490 g/mol. The lowest BCUT2D eigenvalue weighted by molar-refractivity contribution is -0.138. The molecule has 0 aliphatic rings. The second-order valence-electron chi connectivity index (χ2n) is 8.61. The van der Waals surface area contributed by atoms with Gasteiger partial charge >= 0.3 is 0 Å². The Bertz CT molecular complexity index is 1060. The summed E-state index contributed by atoms with van der Waals surface area (Å²) in [4.78, 5) is 27.7. The number of carbonyl (C=O) groups is 2. The quantitative estimate of drug-likeness (QED) is 0.495. The van der Waals surface area contributed by atoms with E-state index in [1.54, 1.807) is 31.2 Å². The molecule has 0 aliphatic heterocycles. The van der Waals surface area contributed by atoms with Gasteiger partial charge in [0.15, 0.2) is 0 Å². The number of methoxy groups -OCH3 is 1. The molecule has 0 bridgehead atoms. The molecule has 0 unspecified atom stereocenters. The largest absolute Gasteiger partial charge is 0.497 e. The van der Waals surface area contributed by atoms with Crippen molar-refractivity contribution < 1.29 is 22.7 Å². The first-order chi connectivity index (χ1) is 16.0. The number of amides is 2. The molecule has 34 heavy (non-hydrogen) atoms. The number of rotatable bonds is 12. The molecule has 2 rings (SSSR count). The van der Waals surface area contributed by atoms with E-state index in [2.05, 4.69) is 5.32 Å². The molecule has 0 heterocycles. The molecule has 2 aromatic carbocycles. The van der Waals surface area contributed by atoms with Crippen LogP contribution in [-0.2, 0) is 26.0 Å². The summed E-state index contributed by atoms with van der Waals surface area (Å²) in [5.41, 5.74) is 1.33. The monoisotopic (exact) mass is 489 g/mol. The number of carbonyl (C=O) groups excluding carboxylic acids is 2. The molecule has 8 nitrogen and oxygen atoms in total. The number of hydrogen-bond acceptors (Lipinski definition) is 5. The molecular weight excluding hydrogens is 454 g/mol. The third-order valence-electron chi connectivity index (χ3n) is 5.36. The van der Waals surface area contributed by atoms with Crippen LogP contribution in [0.15, 0.2) is 54.6 Å². The van der Waals surface area contributed by atoms with E-state index in [0.717, 1.165) is 16.1 Å². The van der Waals surface area contributed by atoms with Crippen molar-refractivity contribution >= 4 is 27.5 Å². The fourth-order valence-electron chi connectivity index (χ4n) is 3.40. The van der Waals surface area contributed by atoms with Crippen LogP contribution in [0.1, 0.15) is 26.3 Å². The lowest BCUT2D eigenvalue weighted by Crippen LogP contribution is -2.52. The van der Waals surface area contributed by atoms with Crippen LogP contribution in [0, 0.1) is 5.92 Å². The fraction of sp³-hybridized carbons (Fsp3) is 0.440. The van der Waals surface area contributed by atoms with Crippen molar-refractivity contribution in [3.8, 4) is 5.75 Å². The summed E-state index contributed by atoms with van der Waals surface area (Å²) in [5.74, 6) is -0.00172. The number of benzene rings is 2. The minimum Gasteiger partial charge on any atom is -0.497 e. The molecule has 0 saturated carbocycles. The molecule has 0 aliphatic carbocycles. The van der Waals surface area contributed by atoms with Gasteiger partial charge in [-0.25, -0.2) is 8.42 Å². The van der Waals surface area contributed by atoms with E-state index in [9.17, 15) is 18.0 Å². The van der Waals surface area contributed by atoms with E-state index in [1.165, 1.54) is 12.0 Å². The SMILES string of the molecule is COc1cccc(N(CC(=O)N(CCc2ccccc2)[C@H](C)C(=O)NCC(C)C)S(C)(=O)=O)c1. The van der Waals surface area contributed by atoms with Crippen LogP contribution in [0.3, 0.4) is 0 Å². The van der Waals surface area contributed by atoms with Gasteiger partial charge in [-0.3, -0.25) is 13.9 Å². The number of nitrogens with one attached hydrogen (secondary N) is 1. The Morgan fingerprint density at radius 1 is 1.03 bits per heavy atom. The smallest absolute Gasteiger partial charge is 0.244 e. The average Bonchev–Trinajstić information content (AvgIpc) is 2.80. The van der Waals surface area contributed by atoms with Crippen molar-refractivity contribution in [1.82, 2.24) is 10.2 Å². The van der Waals surface area contributed by atoms with E-state index in [1.807, 2.05) is 44.2 Å². The molecule has 2 amide bonds.